The van der Waals surface area contributed by atoms with E-state index in [1.807, 2.05) is 0 Å². The molecule has 1 amide bonds. The van der Waals surface area contributed by atoms with Crippen molar-refractivity contribution in [2.75, 3.05) is 5.73 Å². The van der Waals surface area contributed by atoms with Crippen LogP contribution in [0.3, 0.4) is 0 Å². The number of hydrogen-bond acceptors (Lipinski definition) is 2. The number of hydrogen-bond donors (Lipinski definition) is 2. The third-order valence-corrected chi connectivity index (χ3v) is 3.67. The molecule has 0 fully saturated rings. The molecule has 3 nitrogen and oxygen atoms in total. The molecule has 0 bridgehead atoms. The molecule has 0 radical (unpaired) electrons. The summed E-state index contributed by atoms with van der Waals surface area (Å²) in [6.45, 7) is 1.74. The summed E-state index contributed by atoms with van der Waals surface area (Å²) in [6.07, 6.45) is 0. The minimum absolute atomic E-state index is 0.276. The van der Waals surface area contributed by atoms with E-state index in [1.54, 1.807) is 43.3 Å². The average Bonchev–Trinajstić information content (AvgIpc) is 2.42. The van der Waals surface area contributed by atoms with Crippen molar-refractivity contribution in [3.05, 3.63) is 63.9 Å². The van der Waals surface area contributed by atoms with Gasteiger partial charge in [0.25, 0.3) is 5.91 Å². The van der Waals surface area contributed by atoms with Gasteiger partial charge in [-0.2, -0.15) is 0 Å². The van der Waals surface area contributed by atoms with Gasteiger partial charge in [0.15, 0.2) is 0 Å². The van der Waals surface area contributed by atoms with Crippen molar-refractivity contribution >= 4 is 27.5 Å². The van der Waals surface area contributed by atoms with Gasteiger partial charge in [-0.15, -0.1) is 0 Å². The highest BCUT2D eigenvalue weighted by molar-refractivity contribution is 9.10. The lowest BCUT2D eigenvalue weighted by molar-refractivity contribution is 0.0939. The van der Waals surface area contributed by atoms with Crippen molar-refractivity contribution in [3.63, 3.8) is 0 Å². The van der Waals surface area contributed by atoms with Crippen molar-refractivity contribution in [2.45, 2.75) is 13.0 Å². The number of nitrogens with one attached hydrogen (secondary N) is 1. The Hall–Kier alpha value is -1.88. The van der Waals surface area contributed by atoms with E-state index in [-0.39, 0.29) is 11.7 Å². The van der Waals surface area contributed by atoms with Crippen LogP contribution in [0.5, 0.6) is 0 Å². The van der Waals surface area contributed by atoms with Gasteiger partial charge in [-0.25, -0.2) is 4.39 Å². The highest BCUT2D eigenvalue weighted by atomic mass is 79.9. The first-order valence-electron chi connectivity index (χ1n) is 6.09. The fourth-order valence-electron chi connectivity index (χ4n) is 1.85. The van der Waals surface area contributed by atoms with Gasteiger partial charge < -0.3 is 11.1 Å². The number of carbonyl (C=O) groups is 1. The molecule has 0 heterocycles. The van der Waals surface area contributed by atoms with Crippen LogP contribution in [0.1, 0.15) is 28.9 Å². The largest absolute Gasteiger partial charge is 0.398 e. The first kappa shape index (κ1) is 14.5. The predicted octanol–water partition coefficient (Wildman–Crippen LogP) is 3.66. The summed E-state index contributed by atoms with van der Waals surface area (Å²) >= 11 is 3.27. The molecule has 2 aromatic carbocycles. The number of nitrogen functional groups attached to an aromatic ring is 1. The zero-order valence-corrected chi connectivity index (χ0v) is 12.4. The molecule has 0 aliphatic heterocycles. The Morgan fingerprint density at radius 1 is 1.30 bits per heavy atom. The Morgan fingerprint density at radius 2 is 2.00 bits per heavy atom. The van der Waals surface area contributed by atoms with Crippen LogP contribution in [-0.4, -0.2) is 5.91 Å². The van der Waals surface area contributed by atoms with Gasteiger partial charge in [0, 0.05) is 21.3 Å². The standard InChI is InChI=1S/C15H14BrFN2O/c1-9(11-4-2-3-5-13(11)17)19-15(20)10-6-7-14(18)12(16)8-10/h2-9H,18H2,1H3,(H,19,20)/t9-/m1/s1. The summed E-state index contributed by atoms with van der Waals surface area (Å²) in [7, 11) is 0. The zero-order valence-electron chi connectivity index (χ0n) is 10.9. The van der Waals surface area contributed by atoms with E-state index < -0.39 is 6.04 Å². The molecule has 0 unspecified atom stereocenters. The molecule has 20 heavy (non-hydrogen) atoms. The maximum Gasteiger partial charge on any atom is 0.251 e. The molecule has 5 heteroatoms. The fraction of sp³-hybridized carbons (Fsp3) is 0.133. The van der Waals surface area contributed by atoms with Crippen LogP contribution >= 0.6 is 15.9 Å². The zero-order chi connectivity index (χ0) is 14.7. The lowest BCUT2D eigenvalue weighted by Crippen LogP contribution is -2.27. The normalized spacial score (nSPS) is 11.9. The van der Waals surface area contributed by atoms with E-state index in [4.69, 9.17) is 5.73 Å². The van der Waals surface area contributed by atoms with Crippen molar-refractivity contribution in [1.82, 2.24) is 5.32 Å². The highest BCUT2D eigenvalue weighted by Crippen LogP contribution is 2.21. The molecule has 0 spiro atoms. The van der Waals surface area contributed by atoms with Crippen LogP contribution in [0.4, 0.5) is 10.1 Å². The number of halogens is 2. The second-order valence-corrected chi connectivity index (χ2v) is 5.31. The van der Waals surface area contributed by atoms with Gasteiger partial charge in [-0.3, -0.25) is 4.79 Å². The molecular formula is C15H14BrFN2O. The summed E-state index contributed by atoms with van der Waals surface area (Å²) in [5.74, 6) is -0.611. The second-order valence-electron chi connectivity index (χ2n) is 4.45. The Balaban J connectivity index is 2.15. The first-order chi connectivity index (χ1) is 9.49. The molecule has 2 rings (SSSR count). The second kappa shape index (κ2) is 6.05. The van der Waals surface area contributed by atoms with Crippen LogP contribution in [0.2, 0.25) is 0 Å². The maximum atomic E-state index is 13.6. The summed E-state index contributed by atoms with van der Waals surface area (Å²) in [4.78, 5) is 12.1. The first-order valence-corrected chi connectivity index (χ1v) is 6.88. The highest BCUT2D eigenvalue weighted by Gasteiger charge is 2.14. The molecule has 0 saturated heterocycles. The number of carbonyl (C=O) groups excluding carboxylic acids is 1. The molecule has 0 aliphatic rings. The van der Waals surface area contributed by atoms with E-state index >= 15 is 0 Å². The lowest BCUT2D eigenvalue weighted by Gasteiger charge is -2.15. The smallest absolute Gasteiger partial charge is 0.251 e. The van der Waals surface area contributed by atoms with Crippen molar-refractivity contribution in [2.24, 2.45) is 0 Å². The van der Waals surface area contributed by atoms with E-state index in [0.29, 0.717) is 21.3 Å². The van der Waals surface area contributed by atoms with E-state index in [0.717, 1.165) is 0 Å². The number of anilines is 1. The Kier molecular flexibility index (Phi) is 4.39. The Morgan fingerprint density at radius 3 is 2.65 bits per heavy atom. The molecule has 2 aromatic rings. The van der Waals surface area contributed by atoms with Crippen molar-refractivity contribution in [1.29, 1.82) is 0 Å². The average molecular weight is 337 g/mol. The molecular weight excluding hydrogens is 323 g/mol. The quantitative estimate of drug-likeness (QED) is 0.840. The van der Waals surface area contributed by atoms with Crippen LogP contribution in [0.25, 0.3) is 0 Å². The Bertz CT molecular complexity index is 646. The van der Waals surface area contributed by atoms with Gasteiger partial charge in [0.2, 0.25) is 0 Å². The number of benzene rings is 2. The van der Waals surface area contributed by atoms with Gasteiger partial charge in [0.1, 0.15) is 5.82 Å². The maximum absolute atomic E-state index is 13.6. The van der Waals surface area contributed by atoms with Crippen molar-refractivity contribution < 1.29 is 9.18 Å². The van der Waals surface area contributed by atoms with Crippen LogP contribution in [0, 0.1) is 5.82 Å². The van der Waals surface area contributed by atoms with Gasteiger partial charge in [-0.05, 0) is 47.1 Å². The van der Waals surface area contributed by atoms with Crippen LogP contribution in [-0.2, 0) is 0 Å². The molecule has 0 aliphatic carbocycles. The predicted molar refractivity (Wildman–Crippen MR) is 80.8 cm³/mol. The topological polar surface area (TPSA) is 55.1 Å². The number of rotatable bonds is 3. The van der Waals surface area contributed by atoms with Crippen molar-refractivity contribution in [3.8, 4) is 0 Å². The SMILES string of the molecule is C[C@@H](NC(=O)c1ccc(N)c(Br)c1)c1ccccc1F. The summed E-state index contributed by atoms with van der Waals surface area (Å²) in [5, 5.41) is 2.76. The molecule has 0 saturated carbocycles. The lowest BCUT2D eigenvalue weighted by atomic mass is 10.1. The summed E-state index contributed by atoms with van der Waals surface area (Å²) < 4.78 is 14.3. The minimum atomic E-state index is -0.417. The molecule has 1 atom stereocenters. The molecule has 0 aromatic heterocycles. The molecule has 104 valence electrons. The minimum Gasteiger partial charge on any atom is -0.398 e. The van der Waals surface area contributed by atoms with Crippen LogP contribution in [0.15, 0.2) is 46.9 Å². The summed E-state index contributed by atoms with van der Waals surface area (Å²) in [6, 6.07) is 10.9. The van der Waals surface area contributed by atoms with E-state index in [2.05, 4.69) is 21.2 Å². The number of amides is 1. The van der Waals surface area contributed by atoms with Gasteiger partial charge in [0.05, 0.1) is 6.04 Å². The fourth-order valence-corrected chi connectivity index (χ4v) is 2.23. The monoisotopic (exact) mass is 336 g/mol. The van der Waals surface area contributed by atoms with E-state index in [9.17, 15) is 9.18 Å². The van der Waals surface area contributed by atoms with Crippen LogP contribution < -0.4 is 11.1 Å². The third-order valence-electron chi connectivity index (χ3n) is 2.98. The Labute approximate surface area is 125 Å². The van der Waals surface area contributed by atoms with E-state index in [1.165, 1.54) is 6.07 Å². The third kappa shape index (κ3) is 3.17. The van der Waals surface area contributed by atoms with Gasteiger partial charge in [-0.1, -0.05) is 18.2 Å². The molecule has 3 N–H and O–H groups in total. The summed E-state index contributed by atoms with van der Waals surface area (Å²) in [5.41, 5.74) is 7.15. The number of nitrogens with two attached hydrogens (primary N) is 1. The van der Waals surface area contributed by atoms with Gasteiger partial charge >= 0.3 is 0 Å².